The molecule has 2 aliphatic heterocycles. The average molecular weight is 369 g/mol. The van der Waals surface area contributed by atoms with E-state index in [4.69, 9.17) is 5.11 Å². The predicted octanol–water partition coefficient (Wildman–Crippen LogP) is 1.33. The van der Waals surface area contributed by atoms with Gasteiger partial charge in [-0.25, -0.2) is 9.69 Å². The summed E-state index contributed by atoms with van der Waals surface area (Å²) in [6, 6.07) is 6.75. The molecule has 0 saturated carbocycles. The lowest BCUT2D eigenvalue weighted by molar-refractivity contribution is 0.0926. The Hall–Kier alpha value is -3.36. The van der Waals surface area contributed by atoms with Gasteiger partial charge in [-0.2, -0.15) is 5.10 Å². The van der Waals surface area contributed by atoms with Crippen molar-refractivity contribution in [3.63, 3.8) is 0 Å². The molecule has 1 aromatic heterocycles. The van der Waals surface area contributed by atoms with Gasteiger partial charge in [0.05, 0.1) is 16.8 Å². The molecule has 0 radical (unpaired) electrons. The number of fused-ring (bicyclic) bond motifs is 1. The molecule has 1 fully saturated rings. The third-order valence-electron chi connectivity index (χ3n) is 5.15. The Bertz CT molecular complexity index is 924. The molecule has 0 unspecified atom stereocenters. The lowest BCUT2D eigenvalue weighted by Gasteiger charge is -2.34. The summed E-state index contributed by atoms with van der Waals surface area (Å²) in [5.74, 6) is -0.205. The first-order valence-electron chi connectivity index (χ1n) is 8.64. The smallest absolute Gasteiger partial charge is 0.407 e. The van der Waals surface area contributed by atoms with Crippen molar-refractivity contribution in [3.8, 4) is 0 Å². The highest BCUT2D eigenvalue weighted by Crippen LogP contribution is 2.37. The molecule has 1 saturated heterocycles. The molecular weight excluding hydrogens is 350 g/mol. The Labute approximate surface area is 155 Å². The lowest BCUT2D eigenvalue weighted by atomic mass is 10.1. The van der Waals surface area contributed by atoms with Crippen LogP contribution in [-0.2, 0) is 7.05 Å². The maximum atomic E-state index is 12.9. The van der Waals surface area contributed by atoms with Gasteiger partial charge in [-0.1, -0.05) is 12.1 Å². The highest BCUT2D eigenvalue weighted by atomic mass is 16.4. The number of benzene rings is 1. The van der Waals surface area contributed by atoms with Crippen LogP contribution in [0.5, 0.6) is 0 Å². The van der Waals surface area contributed by atoms with Crippen molar-refractivity contribution in [2.45, 2.75) is 6.92 Å². The molecule has 9 nitrogen and oxygen atoms in total. The van der Waals surface area contributed by atoms with Gasteiger partial charge in [-0.3, -0.25) is 14.3 Å². The second-order valence-electron chi connectivity index (χ2n) is 6.63. The van der Waals surface area contributed by atoms with Gasteiger partial charge in [0.25, 0.3) is 11.8 Å². The van der Waals surface area contributed by atoms with Gasteiger partial charge >= 0.3 is 6.09 Å². The Morgan fingerprint density at radius 3 is 2.11 bits per heavy atom. The molecule has 3 heterocycles. The Kier molecular flexibility index (Phi) is 3.87. The van der Waals surface area contributed by atoms with Crippen molar-refractivity contribution in [2.75, 3.05) is 36.0 Å². The second-order valence-corrected chi connectivity index (χ2v) is 6.63. The third kappa shape index (κ3) is 2.54. The molecule has 2 aromatic rings. The number of aryl methyl sites for hydroxylation is 1. The number of anilines is 2. The number of nitrogens with zero attached hydrogens (tertiary/aromatic N) is 5. The quantitative estimate of drug-likeness (QED) is 0.802. The van der Waals surface area contributed by atoms with E-state index in [-0.39, 0.29) is 11.8 Å². The molecule has 9 heteroatoms. The number of rotatable bonds is 2. The normalized spacial score (nSPS) is 16.9. The molecule has 4 rings (SSSR count). The van der Waals surface area contributed by atoms with E-state index in [2.05, 4.69) is 5.10 Å². The number of carbonyl (C=O) groups is 3. The van der Waals surface area contributed by atoms with Gasteiger partial charge in [0.15, 0.2) is 5.82 Å². The van der Waals surface area contributed by atoms with Gasteiger partial charge in [0.1, 0.15) is 5.69 Å². The number of carbonyl (C=O) groups excluding carboxylic acids is 2. The van der Waals surface area contributed by atoms with E-state index in [1.165, 1.54) is 9.80 Å². The van der Waals surface area contributed by atoms with E-state index in [1.807, 2.05) is 11.8 Å². The molecular formula is C18H19N5O4. The SMILES string of the molecule is Cc1c(N2C(=O)c3ccccc3C2=O)c(N2CCN(C(=O)O)CC2)nn1C. The monoisotopic (exact) mass is 369 g/mol. The average Bonchev–Trinajstić information content (AvgIpc) is 3.09. The predicted molar refractivity (Wildman–Crippen MR) is 97.3 cm³/mol. The molecule has 140 valence electrons. The lowest BCUT2D eigenvalue weighted by Crippen LogP contribution is -2.49. The number of imide groups is 1. The molecule has 0 atom stereocenters. The first kappa shape index (κ1) is 17.1. The van der Waals surface area contributed by atoms with Crippen LogP contribution in [0, 0.1) is 6.92 Å². The van der Waals surface area contributed by atoms with Crippen LogP contribution < -0.4 is 9.80 Å². The van der Waals surface area contributed by atoms with Crippen LogP contribution in [0.1, 0.15) is 26.4 Å². The minimum atomic E-state index is -0.951. The molecule has 3 amide bonds. The van der Waals surface area contributed by atoms with Crippen molar-refractivity contribution < 1.29 is 19.5 Å². The van der Waals surface area contributed by atoms with E-state index in [1.54, 1.807) is 36.0 Å². The van der Waals surface area contributed by atoms with Gasteiger partial charge in [0.2, 0.25) is 0 Å². The van der Waals surface area contributed by atoms with Crippen molar-refractivity contribution in [1.29, 1.82) is 0 Å². The molecule has 1 N–H and O–H groups in total. The standard InChI is InChI=1S/C18H19N5O4/c1-11-14(23-16(24)12-5-3-4-6-13(12)17(23)25)15(19-20(11)2)21-7-9-22(10-8-21)18(26)27/h3-6H,7-10H2,1-2H3,(H,26,27). The molecule has 0 aliphatic carbocycles. The van der Waals surface area contributed by atoms with E-state index in [0.29, 0.717) is 54.5 Å². The number of aromatic nitrogens is 2. The van der Waals surface area contributed by atoms with E-state index in [9.17, 15) is 14.4 Å². The summed E-state index contributed by atoms with van der Waals surface area (Å²) in [7, 11) is 1.76. The van der Waals surface area contributed by atoms with Crippen molar-refractivity contribution in [3.05, 3.63) is 41.1 Å². The highest BCUT2D eigenvalue weighted by Gasteiger charge is 2.40. The zero-order valence-corrected chi connectivity index (χ0v) is 15.0. The maximum absolute atomic E-state index is 12.9. The number of hydrogen-bond donors (Lipinski definition) is 1. The fourth-order valence-electron chi connectivity index (χ4n) is 3.56. The number of amides is 3. The summed E-state index contributed by atoms with van der Waals surface area (Å²) in [6.45, 7) is 3.37. The van der Waals surface area contributed by atoms with Crippen LogP contribution in [0.2, 0.25) is 0 Å². The van der Waals surface area contributed by atoms with Crippen LogP contribution in [-0.4, -0.2) is 63.9 Å². The second kappa shape index (κ2) is 6.11. The minimum absolute atomic E-state index is 0.340. The van der Waals surface area contributed by atoms with Crippen LogP contribution in [0.4, 0.5) is 16.3 Å². The topological polar surface area (TPSA) is 99.0 Å². The van der Waals surface area contributed by atoms with E-state index >= 15 is 0 Å². The summed E-state index contributed by atoms with van der Waals surface area (Å²) in [6.07, 6.45) is -0.951. The number of piperazine rings is 1. The minimum Gasteiger partial charge on any atom is -0.465 e. The molecule has 0 spiro atoms. The van der Waals surface area contributed by atoms with E-state index < -0.39 is 6.09 Å². The van der Waals surface area contributed by atoms with Gasteiger partial charge in [0, 0.05) is 33.2 Å². The van der Waals surface area contributed by atoms with Crippen LogP contribution in [0.25, 0.3) is 0 Å². The van der Waals surface area contributed by atoms with Crippen molar-refractivity contribution in [2.24, 2.45) is 7.05 Å². The van der Waals surface area contributed by atoms with Gasteiger partial charge < -0.3 is 14.9 Å². The Morgan fingerprint density at radius 2 is 1.59 bits per heavy atom. The number of hydrogen-bond acceptors (Lipinski definition) is 5. The largest absolute Gasteiger partial charge is 0.465 e. The van der Waals surface area contributed by atoms with Crippen LogP contribution in [0.15, 0.2) is 24.3 Å². The highest BCUT2D eigenvalue weighted by molar-refractivity contribution is 6.35. The summed E-state index contributed by atoms with van der Waals surface area (Å²) in [5, 5.41) is 13.6. The molecule has 2 aliphatic rings. The van der Waals surface area contributed by atoms with Crippen LogP contribution >= 0.6 is 0 Å². The molecule has 1 aromatic carbocycles. The van der Waals surface area contributed by atoms with E-state index in [0.717, 1.165) is 0 Å². The zero-order valence-electron chi connectivity index (χ0n) is 15.0. The zero-order chi connectivity index (χ0) is 19.3. The Balaban J connectivity index is 1.72. The van der Waals surface area contributed by atoms with Crippen molar-refractivity contribution >= 4 is 29.4 Å². The number of carboxylic acid groups (broad SMARTS) is 1. The van der Waals surface area contributed by atoms with Gasteiger partial charge in [-0.05, 0) is 19.1 Å². The van der Waals surface area contributed by atoms with Crippen LogP contribution in [0.3, 0.4) is 0 Å². The fourth-order valence-corrected chi connectivity index (χ4v) is 3.56. The summed E-state index contributed by atoms with van der Waals surface area (Å²) in [4.78, 5) is 41.4. The van der Waals surface area contributed by atoms with Gasteiger partial charge in [-0.15, -0.1) is 0 Å². The first-order valence-corrected chi connectivity index (χ1v) is 8.64. The summed E-state index contributed by atoms with van der Waals surface area (Å²) >= 11 is 0. The first-order chi connectivity index (χ1) is 12.9. The summed E-state index contributed by atoms with van der Waals surface area (Å²) in [5.41, 5.74) is 1.92. The third-order valence-corrected chi connectivity index (χ3v) is 5.15. The maximum Gasteiger partial charge on any atom is 0.407 e. The Morgan fingerprint density at radius 1 is 1.04 bits per heavy atom. The molecule has 0 bridgehead atoms. The molecule has 27 heavy (non-hydrogen) atoms. The fraction of sp³-hybridized carbons (Fsp3) is 0.333. The summed E-state index contributed by atoms with van der Waals surface area (Å²) < 4.78 is 1.64. The van der Waals surface area contributed by atoms with Crippen molar-refractivity contribution in [1.82, 2.24) is 14.7 Å².